The molecule has 4 aliphatic rings. The Morgan fingerprint density at radius 2 is 2.00 bits per heavy atom. The molecule has 0 bridgehead atoms. The summed E-state index contributed by atoms with van der Waals surface area (Å²) < 4.78 is 0. The maximum Gasteiger partial charge on any atom is 0.241 e. The summed E-state index contributed by atoms with van der Waals surface area (Å²) in [5.41, 5.74) is -0.110. The predicted molar refractivity (Wildman–Crippen MR) is 75.2 cm³/mol. The molecule has 1 saturated heterocycles. The summed E-state index contributed by atoms with van der Waals surface area (Å²) in [6.07, 6.45) is 8.54. The summed E-state index contributed by atoms with van der Waals surface area (Å²) in [5, 5.41) is 3.65. The smallest absolute Gasteiger partial charge is 0.241 e. The van der Waals surface area contributed by atoms with Gasteiger partial charge in [-0.2, -0.15) is 0 Å². The van der Waals surface area contributed by atoms with E-state index in [1.807, 2.05) is 0 Å². The van der Waals surface area contributed by atoms with Gasteiger partial charge in [-0.3, -0.25) is 9.69 Å². The number of hydrogen-bond donors (Lipinski definition) is 1. The van der Waals surface area contributed by atoms with Gasteiger partial charge in [0.25, 0.3) is 0 Å². The third-order valence-corrected chi connectivity index (χ3v) is 6.88. The van der Waals surface area contributed by atoms with Crippen molar-refractivity contribution in [1.82, 2.24) is 10.2 Å². The number of fused-ring (bicyclic) bond motifs is 2. The highest BCUT2D eigenvalue weighted by Gasteiger charge is 2.70. The number of likely N-dealkylation sites (N-methyl/N-ethyl adjacent to an activating group) is 1. The molecule has 0 radical (unpaired) electrons. The average Bonchev–Trinajstić information content (AvgIpc) is 2.73. The van der Waals surface area contributed by atoms with Crippen molar-refractivity contribution in [2.24, 2.45) is 11.8 Å². The number of nitrogens with zero attached hydrogens (tertiary/aromatic N) is 1. The lowest BCUT2D eigenvalue weighted by molar-refractivity contribution is -0.129. The Hall–Kier alpha value is -0.280. The summed E-state index contributed by atoms with van der Waals surface area (Å²) >= 11 is 6.34. The number of alkyl halides is 1. The second kappa shape index (κ2) is 3.88. The zero-order valence-electron chi connectivity index (χ0n) is 11.6. The Balaban J connectivity index is 1.54. The number of carbonyl (C=O) groups excluding carboxylic acids is 1. The molecule has 19 heavy (non-hydrogen) atoms. The Morgan fingerprint density at radius 3 is 2.53 bits per heavy atom. The zero-order valence-corrected chi connectivity index (χ0v) is 12.4. The average molecular weight is 283 g/mol. The van der Waals surface area contributed by atoms with Crippen LogP contribution in [0.15, 0.2) is 0 Å². The highest BCUT2D eigenvalue weighted by molar-refractivity contribution is 6.22. The van der Waals surface area contributed by atoms with Crippen LogP contribution in [0.3, 0.4) is 0 Å². The van der Waals surface area contributed by atoms with Crippen molar-refractivity contribution >= 4 is 17.5 Å². The second-order valence-corrected chi connectivity index (χ2v) is 7.78. The van der Waals surface area contributed by atoms with Crippen molar-refractivity contribution in [2.45, 2.75) is 61.4 Å². The molecule has 4 fully saturated rings. The molecule has 1 amide bonds. The molecule has 106 valence electrons. The third-order valence-electron chi connectivity index (χ3n) is 6.44. The number of hydrogen-bond acceptors (Lipinski definition) is 2. The van der Waals surface area contributed by atoms with Gasteiger partial charge in [-0.25, -0.2) is 0 Å². The molecule has 3 saturated carbocycles. The van der Waals surface area contributed by atoms with Crippen molar-refractivity contribution in [1.29, 1.82) is 0 Å². The molecule has 3 aliphatic carbocycles. The van der Waals surface area contributed by atoms with Gasteiger partial charge in [0.15, 0.2) is 0 Å². The molecular weight excluding hydrogens is 260 g/mol. The number of halogens is 1. The fourth-order valence-corrected chi connectivity index (χ4v) is 5.75. The quantitative estimate of drug-likeness (QED) is 0.787. The van der Waals surface area contributed by atoms with Crippen molar-refractivity contribution in [3.8, 4) is 0 Å². The number of piperidine rings is 1. The maximum absolute atomic E-state index is 12.8. The standard InChI is InChI=1S/C15H23ClN2O/c1-18-9-12(16)11-8-15(11,18)13(19)17-14-6-2-4-10(14)5-3-7-14/h10-12H,2-9H2,1H3,(H,17,19)/t10?,11?,12-,14?,15?/m1/s1. The van der Waals surface area contributed by atoms with E-state index >= 15 is 0 Å². The van der Waals surface area contributed by atoms with E-state index in [1.165, 1.54) is 38.5 Å². The van der Waals surface area contributed by atoms with Crippen LogP contribution >= 0.6 is 11.6 Å². The first-order valence-electron chi connectivity index (χ1n) is 7.76. The summed E-state index contributed by atoms with van der Waals surface area (Å²) in [6.45, 7) is 0.857. The summed E-state index contributed by atoms with van der Waals surface area (Å²) in [4.78, 5) is 15.0. The fourth-order valence-electron chi connectivity index (χ4n) is 5.25. The van der Waals surface area contributed by atoms with E-state index in [0.717, 1.165) is 18.9 Å². The van der Waals surface area contributed by atoms with Gasteiger partial charge in [-0.1, -0.05) is 12.8 Å². The summed E-state index contributed by atoms with van der Waals surface area (Å²) in [7, 11) is 2.06. The first-order valence-corrected chi connectivity index (χ1v) is 8.20. The van der Waals surface area contributed by atoms with Gasteiger partial charge in [0.05, 0.1) is 5.38 Å². The van der Waals surface area contributed by atoms with Crippen LogP contribution in [0.1, 0.15) is 44.9 Å². The normalized spacial score (nSPS) is 52.0. The van der Waals surface area contributed by atoms with Gasteiger partial charge in [0, 0.05) is 18.0 Å². The van der Waals surface area contributed by atoms with Gasteiger partial charge in [0.1, 0.15) is 5.54 Å². The van der Waals surface area contributed by atoms with Gasteiger partial charge in [-0.05, 0) is 45.1 Å². The molecule has 0 aromatic carbocycles. The van der Waals surface area contributed by atoms with E-state index in [0.29, 0.717) is 5.92 Å². The molecule has 4 heteroatoms. The van der Waals surface area contributed by atoms with E-state index in [2.05, 4.69) is 17.3 Å². The zero-order chi connectivity index (χ0) is 13.3. The molecule has 1 aliphatic heterocycles. The maximum atomic E-state index is 12.8. The minimum Gasteiger partial charge on any atom is -0.349 e. The molecule has 3 atom stereocenters. The minimum absolute atomic E-state index is 0.143. The highest BCUT2D eigenvalue weighted by atomic mass is 35.5. The van der Waals surface area contributed by atoms with Crippen LogP contribution in [0.25, 0.3) is 0 Å². The number of nitrogens with one attached hydrogen (secondary N) is 1. The number of carbonyl (C=O) groups is 1. The lowest BCUT2D eigenvalue weighted by atomic mass is 9.89. The highest BCUT2D eigenvalue weighted by Crippen LogP contribution is 2.57. The van der Waals surface area contributed by atoms with Crippen LogP contribution < -0.4 is 5.32 Å². The Morgan fingerprint density at radius 1 is 1.32 bits per heavy atom. The van der Waals surface area contributed by atoms with Crippen molar-refractivity contribution < 1.29 is 4.79 Å². The van der Waals surface area contributed by atoms with Crippen LogP contribution in [0.5, 0.6) is 0 Å². The predicted octanol–water partition coefficient (Wildman–Crippen LogP) is 2.14. The van der Waals surface area contributed by atoms with E-state index < -0.39 is 0 Å². The van der Waals surface area contributed by atoms with Gasteiger partial charge in [0.2, 0.25) is 5.91 Å². The van der Waals surface area contributed by atoms with Crippen molar-refractivity contribution in [3.63, 3.8) is 0 Å². The van der Waals surface area contributed by atoms with E-state index in [9.17, 15) is 4.79 Å². The SMILES string of the molecule is CN1C[C@@H](Cl)C2CC21C(=O)NC12CCCC1CCC2. The lowest BCUT2D eigenvalue weighted by Gasteiger charge is -2.34. The molecule has 0 aromatic rings. The van der Waals surface area contributed by atoms with Crippen LogP contribution in [-0.2, 0) is 4.79 Å². The molecule has 4 rings (SSSR count). The fraction of sp³-hybridized carbons (Fsp3) is 0.933. The first-order chi connectivity index (χ1) is 9.08. The second-order valence-electron chi connectivity index (χ2n) is 7.22. The number of amides is 1. The minimum atomic E-state index is -0.253. The molecule has 1 heterocycles. The molecule has 2 unspecified atom stereocenters. The van der Waals surface area contributed by atoms with Crippen molar-refractivity contribution in [3.05, 3.63) is 0 Å². The monoisotopic (exact) mass is 282 g/mol. The molecular formula is C15H23ClN2O. The third kappa shape index (κ3) is 1.52. The van der Waals surface area contributed by atoms with Crippen LogP contribution in [0, 0.1) is 11.8 Å². The van der Waals surface area contributed by atoms with Gasteiger partial charge >= 0.3 is 0 Å². The first kappa shape index (κ1) is 12.5. The molecule has 0 spiro atoms. The number of likely N-dealkylation sites (tertiary alicyclic amines) is 1. The molecule has 0 aromatic heterocycles. The number of rotatable bonds is 2. The van der Waals surface area contributed by atoms with Crippen LogP contribution in [0.4, 0.5) is 0 Å². The van der Waals surface area contributed by atoms with Crippen molar-refractivity contribution in [2.75, 3.05) is 13.6 Å². The Kier molecular flexibility index (Phi) is 2.55. The summed E-state index contributed by atoms with van der Waals surface area (Å²) in [5.74, 6) is 1.40. The van der Waals surface area contributed by atoms with E-state index in [4.69, 9.17) is 11.6 Å². The Labute approximate surface area is 120 Å². The lowest BCUT2D eigenvalue weighted by Crippen LogP contribution is -2.55. The van der Waals surface area contributed by atoms with Gasteiger partial charge < -0.3 is 5.32 Å². The van der Waals surface area contributed by atoms with Crippen LogP contribution in [-0.4, -0.2) is 40.9 Å². The van der Waals surface area contributed by atoms with E-state index in [1.54, 1.807) is 0 Å². The van der Waals surface area contributed by atoms with Crippen LogP contribution in [0.2, 0.25) is 0 Å². The van der Waals surface area contributed by atoms with Gasteiger partial charge in [-0.15, -0.1) is 11.6 Å². The summed E-state index contributed by atoms with van der Waals surface area (Å²) in [6, 6.07) is 0. The molecule has 1 N–H and O–H groups in total. The molecule has 3 nitrogen and oxygen atoms in total. The largest absolute Gasteiger partial charge is 0.349 e. The topological polar surface area (TPSA) is 32.3 Å². The Bertz CT molecular complexity index is 412. The van der Waals surface area contributed by atoms with E-state index in [-0.39, 0.29) is 22.4 Å².